The van der Waals surface area contributed by atoms with E-state index in [-0.39, 0.29) is 6.54 Å². The van der Waals surface area contributed by atoms with Crippen LogP contribution in [0.3, 0.4) is 0 Å². The molecule has 0 spiro atoms. The molecule has 0 aromatic carbocycles. The molecule has 0 fully saturated rings. The molecule has 0 amide bonds. The maximum absolute atomic E-state index is 9.55. The predicted octanol–water partition coefficient (Wildman–Crippen LogP) is -3.65. The molecule has 0 aromatic rings. The highest BCUT2D eigenvalue weighted by Gasteiger charge is 2.29. The first-order valence-electron chi connectivity index (χ1n) is 5.79. The van der Waals surface area contributed by atoms with Crippen LogP contribution < -0.4 is 5.32 Å². The van der Waals surface area contributed by atoms with Gasteiger partial charge in [0, 0.05) is 18.7 Å². The highest BCUT2D eigenvalue weighted by Crippen LogP contribution is 2.04. The van der Waals surface area contributed by atoms with Crippen molar-refractivity contribution < 1.29 is 45.3 Å². The van der Waals surface area contributed by atoms with Crippen LogP contribution in [-0.4, -0.2) is 92.3 Å². The lowest BCUT2D eigenvalue weighted by Gasteiger charge is -2.25. The summed E-state index contributed by atoms with van der Waals surface area (Å²) in [5.74, 6) is -2.51. The van der Waals surface area contributed by atoms with Crippen LogP contribution in [0, 0.1) is 0 Å². The largest absolute Gasteiger partial charge is 0.478 e. The summed E-state index contributed by atoms with van der Waals surface area (Å²) in [6.07, 6.45) is -4.53. The first kappa shape index (κ1) is 21.7. The van der Waals surface area contributed by atoms with Gasteiger partial charge in [-0.3, -0.25) is 0 Å². The van der Waals surface area contributed by atoms with E-state index in [2.05, 4.69) is 5.32 Å². The Hall–Kier alpha value is -1.56. The van der Waals surface area contributed by atoms with Crippen molar-refractivity contribution >= 4 is 11.9 Å². The SMILES string of the molecule is CNC[C@H](O)[C@@H](O)[C@H](O)[C@H](O)CO.O=C(O)/C=C\C(=O)O. The molecule has 0 unspecified atom stereocenters. The lowest BCUT2D eigenvalue weighted by Crippen LogP contribution is -2.48. The number of carbonyl (C=O) groups is 2. The fourth-order valence-corrected chi connectivity index (χ4v) is 1.04. The van der Waals surface area contributed by atoms with Gasteiger partial charge >= 0.3 is 11.9 Å². The molecule has 4 atom stereocenters. The lowest BCUT2D eigenvalue weighted by atomic mass is 10.0. The van der Waals surface area contributed by atoms with Gasteiger partial charge in [-0.15, -0.1) is 0 Å². The summed E-state index contributed by atoms with van der Waals surface area (Å²) >= 11 is 0. The maximum atomic E-state index is 9.55. The van der Waals surface area contributed by atoms with E-state index in [0.29, 0.717) is 12.2 Å². The number of hydrogen-bond acceptors (Lipinski definition) is 8. The van der Waals surface area contributed by atoms with Crippen molar-refractivity contribution in [2.45, 2.75) is 24.4 Å². The molecular formula is C11H21NO9. The summed E-state index contributed by atoms with van der Waals surface area (Å²) in [7, 11) is 1.57. The van der Waals surface area contributed by atoms with Crippen molar-refractivity contribution in [1.82, 2.24) is 5.32 Å². The second kappa shape index (κ2) is 12.2. The molecule has 0 aliphatic heterocycles. The summed E-state index contributed by atoms with van der Waals surface area (Å²) in [6.45, 7) is -0.569. The van der Waals surface area contributed by atoms with Crippen LogP contribution in [0.1, 0.15) is 0 Å². The van der Waals surface area contributed by atoms with Crippen LogP contribution in [0.15, 0.2) is 12.2 Å². The molecule has 0 radical (unpaired) electrons. The molecule has 0 bridgehead atoms. The van der Waals surface area contributed by atoms with E-state index in [1.165, 1.54) is 0 Å². The van der Waals surface area contributed by atoms with Gasteiger partial charge in [-0.05, 0) is 7.05 Å². The number of carboxylic acid groups (broad SMARTS) is 2. The van der Waals surface area contributed by atoms with E-state index in [9.17, 15) is 14.7 Å². The molecule has 0 saturated carbocycles. The van der Waals surface area contributed by atoms with Gasteiger partial charge in [-0.25, -0.2) is 9.59 Å². The van der Waals surface area contributed by atoms with Gasteiger partial charge in [0.25, 0.3) is 0 Å². The van der Waals surface area contributed by atoms with Gasteiger partial charge in [0.2, 0.25) is 0 Å². The fourth-order valence-electron chi connectivity index (χ4n) is 1.04. The summed E-state index contributed by atoms with van der Waals surface area (Å²) in [4.78, 5) is 19.1. The predicted molar refractivity (Wildman–Crippen MR) is 69.5 cm³/mol. The van der Waals surface area contributed by atoms with Gasteiger partial charge in [-0.1, -0.05) is 0 Å². The molecule has 21 heavy (non-hydrogen) atoms. The van der Waals surface area contributed by atoms with E-state index in [1.54, 1.807) is 7.05 Å². The number of aliphatic hydroxyl groups excluding tert-OH is 5. The third-order valence-corrected chi connectivity index (χ3v) is 2.11. The fraction of sp³-hybridized carbons (Fsp3) is 0.636. The maximum Gasteiger partial charge on any atom is 0.328 e. The van der Waals surface area contributed by atoms with Crippen molar-refractivity contribution in [3.05, 3.63) is 12.2 Å². The van der Waals surface area contributed by atoms with Gasteiger partial charge in [0.1, 0.15) is 18.3 Å². The van der Waals surface area contributed by atoms with Crippen LogP contribution in [0.25, 0.3) is 0 Å². The zero-order valence-electron chi connectivity index (χ0n) is 11.3. The number of aliphatic hydroxyl groups is 5. The minimum absolute atomic E-state index is 0.0936. The quantitative estimate of drug-likeness (QED) is 0.208. The van der Waals surface area contributed by atoms with Crippen LogP contribution in [0.4, 0.5) is 0 Å². The molecule has 8 N–H and O–H groups in total. The van der Waals surface area contributed by atoms with E-state index in [4.69, 9.17) is 30.6 Å². The van der Waals surface area contributed by atoms with E-state index in [0.717, 1.165) is 0 Å². The van der Waals surface area contributed by atoms with E-state index < -0.39 is 43.0 Å². The molecular weight excluding hydrogens is 290 g/mol. The highest BCUT2D eigenvalue weighted by molar-refractivity contribution is 5.89. The Balaban J connectivity index is 0. The second-order valence-electron chi connectivity index (χ2n) is 3.87. The molecule has 0 saturated heterocycles. The van der Waals surface area contributed by atoms with Gasteiger partial charge in [-0.2, -0.15) is 0 Å². The number of hydrogen-bond donors (Lipinski definition) is 8. The van der Waals surface area contributed by atoms with Gasteiger partial charge in [0.05, 0.1) is 12.7 Å². The van der Waals surface area contributed by atoms with Crippen molar-refractivity contribution in [2.75, 3.05) is 20.2 Å². The van der Waals surface area contributed by atoms with Crippen LogP contribution in [0.5, 0.6) is 0 Å². The molecule has 0 aliphatic rings. The van der Waals surface area contributed by atoms with Crippen molar-refractivity contribution in [3.8, 4) is 0 Å². The molecule has 10 nitrogen and oxygen atoms in total. The van der Waals surface area contributed by atoms with Crippen LogP contribution in [-0.2, 0) is 9.59 Å². The average molecular weight is 311 g/mol. The smallest absolute Gasteiger partial charge is 0.328 e. The van der Waals surface area contributed by atoms with E-state index in [1.807, 2.05) is 0 Å². The number of rotatable bonds is 8. The summed E-state index contributed by atoms with van der Waals surface area (Å²) < 4.78 is 0. The van der Waals surface area contributed by atoms with Crippen LogP contribution in [0.2, 0.25) is 0 Å². The van der Waals surface area contributed by atoms with E-state index >= 15 is 0 Å². The monoisotopic (exact) mass is 311 g/mol. The normalized spacial score (nSPS) is 16.5. The first-order chi connectivity index (χ1) is 9.67. The minimum atomic E-state index is -1.55. The standard InChI is InChI=1S/C7H17NO5.C4H4O4/c1-8-2-4(10)6(12)7(13)5(11)3-9;5-3(6)1-2-4(7)8/h4-13H,2-3H2,1H3;1-2H,(H,5,6)(H,7,8)/b;2-1-/t4-,5+,6+,7+;/m0./s1. The second-order valence-corrected chi connectivity index (χ2v) is 3.87. The third-order valence-electron chi connectivity index (χ3n) is 2.11. The zero-order valence-corrected chi connectivity index (χ0v) is 11.3. The number of carboxylic acids is 2. The summed E-state index contributed by atoms with van der Waals surface area (Å²) in [5, 5.41) is 63.1. The lowest BCUT2D eigenvalue weighted by molar-refractivity contribution is -0.134. The zero-order chi connectivity index (χ0) is 17.0. The molecule has 0 rings (SSSR count). The van der Waals surface area contributed by atoms with Gasteiger partial charge in [0.15, 0.2) is 0 Å². The Bertz CT molecular complexity index is 318. The molecule has 0 heterocycles. The van der Waals surface area contributed by atoms with Crippen molar-refractivity contribution in [1.29, 1.82) is 0 Å². The molecule has 0 aliphatic carbocycles. The molecule has 0 aromatic heterocycles. The summed E-state index contributed by atoms with van der Waals surface area (Å²) in [5.41, 5.74) is 0. The third kappa shape index (κ3) is 11.9. The Labute approximate surface area is 120 Å². The Kier molecular flexibility index (Phi) is 12.6. The number of likely N-dealkylation sites (N-methyl/N-ethyl adjacent to an activating group) is 1. The Morgan fingerprint density at radius 3 is 1.62 bits per heavy atom. The van der Waals surface area contributed by atoms with Crippen molar-refractivity contribution in [2.24, 2.45) is 0 Å². The van der Waals surface area contributed by atoms with Gasteiger partial charge < -0.3 is 41.1 Å². The minimum Gasteiger partial charge on any atom is -0.478 e. The number of nitrogens with one attached hydrogen (secondary N) is 1. The molecule has 124 valence electrons. The summed E-state index contributed by atoms with van der Waals surface area (Å²) in [6, 6.07) is 0. The number of aliphatic carboxylic acids is 2. The highest BCUT2D eigenvalue weighted by atomic mass is 16.4. The Morgan fingerprint density at radius 2 is 1.33 bits per heavy atom. The topological polar surface area (TPSA) is 188 Å². The van der Waals surface area contributed by atoms with Crippen LogP contribution >= 0.6 is 0 Å². The first-order valence-corrected chi connectivity index (χ1v) is 5.79. The Morgan fingerprint density at radius 1 is 0.952 bits per heavy atom. The molecule has 10 heteroatoms. The average Bonchev–Trinajstić information content (AvgIpc) is 2.43. The van der Waals surface area contributed by atoms with Crippen molar-refractivity contribution in [3.63, 3.8) is 0 Å².